The smallest absolute Gasteiger partial charge is 0.219 e. The lowest BCUT2D eigenvalue weighted by Gasteiger charge is -2.12. The third-order valence-electron chi connectivity index (χ3n) is 3.02. The van der Waals surface area contributed by atoms with Crippen molar-refractivity contribution in [2.75, 3.05) is 13.7 Å². The molecule has 4 heteroatoms. The quantitative estimate of drug-likeness (QED) is 0.845. The van der Waals surface area contributed by atoms with Gasteiger partial charge in [-0.05, 0) is 44.2 Å². The maximum atomic E-state index is 5.93. The second-order valence-corrected chi connectivity index (χ2v) is 4.67. The zero-order chi connectivity index (χ0) is 15.1. The minimum Gasteiger partial charge on any atom is -0.490 e. The molecule has 2 rings (SSSR count). The van der Waals surface area contributed by atoms with Crippen LogP contribution in [0.2, 0.25) is 0 Å². The fraction of sp³-hybridized carbons (Fsp3) is 0.353. The van der Waals surface area contributed by atoms with Gasteiger partial charge in [-0.2, -0.15) is 0 Å². The summed E-state index contributed by atoms with van der Waals surface area (Å²) in [7, 11) is 1.93. The van der Waals surface area contributed by atoms with E-state index in [4.69, 9.17) is 9.47 Å². The maximum Gasteiger partial charge on any atom is 0.219 e. The van der Waals surface area contributed by atoms with Crippen LogP contribution < -0.4 is 14.8 Å². The molecule has 0 spiro atoms. The molecule has 21 heavy (non-hydrogen) atoms. The predicted octanol–water partition coefficient (Wildman–Crippen LogP) is 3.55. The zero-order valence-electron chi connectivity index (χ0n) is 12.8. The number of hydrogen-bond acceptors (Lipinski definition) is 4. The van der Waals surface area contributed by atoms with Crippen LogP contribution in [0.1, 0.15) is 25.1 Å². The first-order valence-electron chi connectivity index (χ1n) is 7.31. The summed E-state index contributed by atoms with van der Waals surface area (Å²) in [5, 5.41) is 3.15. The minimum absolute atomic E-state index is 0.603. The molecule has 0 saturated heterocycles. The van der Waals surface area contributed by atoms with Crippen molar-refractivity contribution in [2.45, 2.75) is 26.8 Å². The molecule has 1 heterocycles. The molecule has 1 N–H and O–H groups in total. The number of aromatic nitrogens is 1. The highest BCUT2D eigenvalue weighted by atomic mass is 16.5. The van der Waals surface area contributed by atoms with E-state index in [-0.39, 0.29) is 0 Å². The van der Waals surface area contributed by atoms with Gasteiger partial charge in [-0.3, -0.25) is 0 Å². The molecular weight excluding hydrogens is 264 g/mol. The Kier molecular flexibility index (Phi) is 5.58. The van der Waals surface area contributed by atoms with E-state index in [9.17, 15) is 0 Å². The summed E-state index contributed by atoms with van der Waals surface area (Å²) in [5.74, 6) is 2.03. The molecule has 0 aliphatic heterocycles. The summed E-state index contributed by atoms with van der Waals surface area (Å²) >= 11 is 0. The standard InChI is InChI=1S/C17H22N2O2/c1-4-14-10-13(12-18-3)11-17(19-14)21-16-9-7-6-8-15(16)20-5-2/h6-11,18H,4-5,12H2,1-3H3. The van der Waals surface area contributed by atoms with Crippen molar-refractivity contribution in [3.05, 3.63) is 47.7 Å². The normalized spacial score (nSPS) is 10.4. The summed E-state index contributed by atoms with van der Waals surface area (Å²) in [6.07, 6.45) is 0.876. The first-order chi connectivity index (χ1) is 10.3. The molecule has 0 saturated carbocycles. The van der Waals surface area contributed by atoms with Gasteiger partial charge in [0.1, 0.15) is 0 Å². The van der Waals surface area contributed by atoms with Crippen molar-refractivity contribution < 1.29 is 9.47 Å². The first kappa shape index (κ1) is 15.3. The third-order valence-corrected chi connectivity index (χ3v) is 3.02. The largest absolute Gasteiger partial charge is 0.490 e. The fourth-order valence-electron chi connectivity index (χ4n) is 2.08. The molecule has 2 aromatic rings. The van der Waals surface area contributed by atoms with E-state index in [1.165, 1.54) is 0 Å². The molecule has 0 aliphatic carbocycles. The van der Waals surface area contributed by atoms with Gasteiger partial charge in [0.25, 0.3) is 0 Å². The number of hydrogen-bond donors (Lipinski definition) is 1. The molecule has 1 aromatic carbocycles. The molecule has 112 valence electrons. The second-order valence-electron chi connectivity index (χ2n) is 4.67. The molecule has 1 aromatic heterocycles. The Morgan fingerprint density at radius 1 is 1.10 bits per heavy atom. The van der Waals surface area contributed by atoms with Crippen LogP contribution in [0, 0.1) is 0 Å². The zero-order valence-corrected chi connectivity index (χ0v) is 12.8. The molecule has 0 fully saturated rings. The van der Waals surface area contributed by atoms with Crippen molar-refractivity contribution in [1.82, 2.24) is 10.3 Å². The second kappa shape index (κ2) is 7.64. The summed E-state index contributed by atoms with van der Waals surface area (Å²) in [4.78, 5) is 4.53. The van der Waals surface area contributed by atoms with Gasteiger partial charge in [0.05, 0.1) is 6.61 Å². The van der Waals surface area contributed by atoms with Crippen molar-refractivity contribution in [1.29, 1.82) is 0 Å². The molecule has 4 nitrogen and oxygen atoms in total. The third kappa shape index (κ3) is 4.20. The Balaban J connectivity index is 2.28. The highest BCUT2D eigenvalue weighted by Crippen LogP contribution is 2.30. The first-order valence-corrected chi connectivity index (χ1v) is 7.31. The Bertz CT molecular complexity index is 585. The highest BCUT2D eigenvalue weighted by molar-refractivity contribution is 5.42. The van der Waals surface area contributed by atoms with Crippen LogP contribution in [-0.2, 0) is 13.0 Å². The molecule has 0 bridgehead atoms. The van der Waals surface area contributed by atoms with Crippen LogP contribution in [0.3, 0.4) is 0 Å². The molecule has 0 atom stereocenters. The average molecular weight is 286 g/mol. The van der Waals surface area contributed by atoms with Gasteiger partial charge in [0.2, 0.25) is 5.88 Å². The van der Waals surface area contributed by atoms with Gasteiger partial charge in [0, 0.05) is 18.3 Å². The van der Waals surface area contributed by atoms with Gasteiger partial charge in [-0.15, -0.1) is 0 Å². The highest BCUT2D eigenvalue weighted by Gasteiger charge is 2.08. The summed E-state index contributed by atoms with van der Waals surface area (Å²) in [6, 6.07) is 11.7. The van der Waals surface area contributed by atoms with Crippen LogP contribution >= 0.6 is 0 Å². The van der Waals surface area contributed by atoms with E-state index in [0.29, 0.717) is 18.2 Å². The molecule has 0 radical (unpaired) electrons. The molecule has 0 amide bonds. The predicted molar refractivity (Wildman–Crippen MR) is 84.1 cm³/mol. The van der Waals surface area contributed by atoms with Crippen molar-refractivity contribution >= 4 is 0 Å². The van der Waals surface area contributed by atoms with E-state index in [1.807, 2.05) is 44.3 Å². The number of aryl methyl sites for hydroxylation is 1. The fourth-order valence-corrected chi connectivity index (χ4v) is 2.08. The number of ether oxygens (including phenoxy) is 2. The van der Waals surface area contributed by atoms with Crippen LogP contribution in [0.15, 0.2) is 36.4 Å². The minimum atomic E-state index is 0.603. The monoisotopic (exact) mass is 286 g/mol. The van der Waals surface area contributed by atoms with Gasteiger partial charge in [-0.25, -0.2) is 4.98 Å². The van der Waals surface area contributed by atoms with Gasteiger partial charge in [-0.1, -0.05) is 19.1 Å². The van der Waals surface area contributed by atoms with Crippen molar-refractivity contribution in [3.8, 4) is 17.4 Å². The summed E-state index contributed by atoms with van der Waals surface area (Å²) in [6.45, 7) is 5.44. The van der Waals surface area contributed by atoms with E-state index in [1.54, 1.807) is 0 Å². The van der Waals surface area contributed by atoms with Crippen molar-refractivity contribution in [3.63, 3.8) is 0 Å². The Morgan fingerprint density at radius 2 is 1.86 bits per heavy atom. The van der Waals surface area contributed by atoms with E-state index in [2.05, 4.69) is 23.3 Å². The Hall–Kier alpha value is -2.07. The van der Waals surface area contributed by atoms with Crippen LogP contribution in [-0.4, -0.2) is 18.6 Å². The lowest BCUT2D eigenvalue weighted by Crippen LogP contribution is -2.06. The summed E-state index contributed by atoms with van der Waals surface area (Å²) in [5.41, 5.74) is 2.18. The van der Waals surface area contributed by atoms with Gasteiger partial charge < -0.3 is 14.8 Å². The van der Waals surface area contributed by atoms with E-state index < -0.39 is 0 Å². The van der Waals surface area contributed by atoms with Gasteiger partial charge >= 0.3 is 0 Å². The molecule has 0 unspecified atom stereocenters. The lowest BCUT2D eigenvalue weighted by molar-refractivity contribution is 0.319. The number of benzene rings is 1. The lowest BCUT2D eigenvalue weighted by atomic mass is 10.2. The Labute approximate surface area is 126 Å². The van der Waals surface area contributed by atoms with Crippen LogP contribution in [0.5, 0.6) is 17.4 Å². The van der Waals surface area contributed by atoms with Crippen LogP contribution in [0.4, 0.5) is 0 Å². The van der Waals surface area contributed by atoms with Crippen molar-refractivity contribution in [2.24, 2.45) is 0 Å². The number of nitrogens with one attached hydrogen (secondary N) is 1. The number of para-hydroxylation sites is 2. The molecular formula is C17H22N2O2. The average Bonchev–Trinajstić information content (AvgIpc) is 2.49. The SMILES string of the molecule is CCOc1ccccc1Oc1cc(CNC)cc(CC)n1. The number of nitrogens with zero attached hydrogens (tertiary/aromatic N) is 1. The molecule has 0 aliphatic rings. The van der Waals surface area contributed by atoms with E-state index in [0.717, 1.165) is 30.0 Å². The topological polar surface area (TPSA) is 43.4 Å². The maximum absolute atomic E-state index is 5.93. The van der Waals surface area contributed by atoms with Crippen LogP contribution in [0.25, 0.3) is 0 Å². The Morgan fingerprint density at radius 3 is 2.52 bits per heavy atom. The number of pyridine rings is 1. The van der Waals surface area contributed by atoms with Gasteiger partial charge in [0.15, 0.2) is 11.5 Å². The van der Waals surface area contributed by atoms with E-state index >= 15 is 0 Å². The summed E-state index contributed by atoms with van der Waals surface area (Å²) < 4.78 is 11.5. The number of rotatable bonds is 7.